The summed E-state index contributed by atoms with van der Waals surface area (Å²) in [7, 11) is 0. The summed E-state index contributed by atoms with van der Waals surface area (Å²) in [5.41, 5.74) is 6.63. The van der Waals surface area contributed by atoms with Gasteiger partial charge >= 0.3 is 0 Å². The van der Waals surface area contributed by atoms with Crippen molar-refractivity contribution in [2.75, 3.05) is 32.8 Å². The Labute approximate surface area is 185 Å². The minimum atomic E-state index is -0.211. The number of ether oxygens (including phenoxy) is 1. The number of nitrogens with zero attached hydrogens (tertiary/aromatic N) is 2. The van der Waals surface area contributed by atoms with Gasteiger partial charge in [0.1, 0.15) is 0 Å². The highest BCUT2D eigenvalue weighted by atomic mass is 127. The molecule has 1 aromatic carbocycles. The zero-order valence-corrected chi connectivity index (χ0v) is 19.0. The highest BCUT2D eigenvalue weighted by Crippen LogP contribution is 2.34. The first kappa shape index (κ1) is 22.9. The van der Waals surface area contributed by atoms with Crippen molar-refractivity contribution in [3.63, 3.8) is 0 Å². The van der Waals surface area contributed by atoms with Crippen LogP contribution in [0.15, 0.2) is 35.3 Å². The van der Waals surface area contributed by atoms with E-state index in [1.54, 1.807) is 0 Å². The monoisotopic (exact) mass is 500 g/mol. The van der Waals surface area contributed by atoms with E-state index in [1.165, 1.54) is 5.56 Å². The molecule has 3 unspecified atom stereocenters. The van der Waals surface area contributed by atoms with Gasteiger partial charge in [-0.25, -0.2) is 0 Å². The molecule has 1 amide bonds. The highest BCUT2D eigenvalue weighted by Gasteiger charge is 2.30. The van der Waals surface area contributed by atoms with Gasteiger partial charge in [0, 0.05) is 45.1 Å². The smallest absolute Gasteiger partial charge is 0.217 e. The van der Waals surface area contributed by atoms with Crippen molar-refractivity contribution in [3.05, 3.63) is 35.9 Å². The first-order valence-corrected chi connectivity index (χ1v) is 10.2. The summed E-state index contributed by atoms with van der Waals surface area (Å²) in [6.07, 6.45) is 3.75. The quantitative estimate of drug-likeness (QED) is 0.358. The first-order chi connectivity index (χ1) is 13.2. The second-order valence-electron chi connectivity index (χ2n) is 7.57. The maximum Gasteiger partial charge on any atom is 0.217 e. The molecule has 28 heavy (non-hydrogen) atoms. The Balaban J connectivity index is 0.00000280. The minimum absolute atomic E-state index is 0. The number of carbonyl (C=O) groups excluding carboxylic acids is 1. The van der Waals surface area contributed by atoms with Crippen molar-refractivity contribution in [1.82, 2.24) is 10.2 Å². The maximum atomic E-state index is 11.3. The number of benzene rings is 1. The molecule has 0 aromatic heterocycles. The van der Waals surface area contributed by atoms with Crippen LogP contribution in [0.2, 0.25) is 0 Å². The van der Waals surface area contributed by atoms with Gasteiger partial charge in [-0.15, -0.1) is 24.0 Å². The number of carbonyl (C=O) groups is 1. The van der Waals surface area contributed by atoms with E-state index >= 15 is 0 Å². The van der Waals surface area contributed by atoms with Crippen molar-refractivity contribution in [3.8, 4) is 0 Å². The Morgan fingerprint density at radius 3 is 2.82 bits per heavy atom. The van der Waals surface area contributed by atoms with Crippen molar-refractivity contribution in [1.29, 1.82) is 0 Å². The van der Waals surface area contributed by atoms with E-state index in [2.05, 4.69) is 41.4 Å². The van der Waals surface area contributed by atoms with Crippen LogP contribution >= 0.6 is 24.0 Å². The van der Waals surface area contributed by atoms with E-state index in [-0.39, 0.29) is 36.0 Å². The van der Waals surface area contributed by atoms with Gasteiger partial charge in [0.05, 0.1) is 6.10 Å². The lowest BCUT2D eigenvalue weighted by Crippen LogP contribution is -2.47. The third kappa shape index (κ3) is 6.34. The van der Waals surface area contributed by atoms with E-state index in [9.17, 15) is 4.79 Å². The van der Waals surface area contributed by atoms with Gasteiger partial charge in [0.25, 0.3) is 0 Å². The van der Waals surface area contributed by atoms with Gasteiger partial charge in [-0.2, -0.15) is 0 Å². The fourth-order valence-electron chi connectivity index (χ4n) is 4.17. The number of likely N-dealkylation sites (tertiary alicyclic amines) is 1. The Morgan fingerprint density at radius 1 is 1.32 bits per heavy atom. The largest absolute Gasteiger partial charge is 0.373 e. The molecule has 156 valence electrons. The van der Waals surface area contributed by atoms with Crippen LogP contribution in [0.3, 0.4) is 0 Å². The van der Waals surface area contributed by atoms with Gasteiger partial charge in [0.2, 0.25) is 5.91 Å². The Bertz CT molecular complexity index is 641. The normalized spacial score (nSPS) is 25.2. The summed E-state index contributed by atoms with van der Waals surface area (Å²) >= 11 is 0. The molecule has 0 spiro atoms. The Kier molecular flexibility index (Phi) is 9.50. The van der Waals surface area contributed by atoms with Crippen LogP contribution in [0, 0.1) is 11.8 Å². The number of amides is 1. The number of halogens is 1. The molecular weight excluding hydrogens is 467 g/mol. The first-order valence-electron chi connectivity index (χ1n) is 10.2. The summed E-state index contributed by atoms with van der Waals surface area (Å²) in [5.74, 6) is 1.46. The van der Waals surface area contributed by atoms with Crippen molar-refractivity contribution >= 4 is 35.8 Å². The topological polar surface area (TPSA) is 80.0 Å². The number of rotatable bonds is 6. The molecule has 2 aliphatic rings. The molecule has 0 aliphatic carbocycles. The van der Waals surface area contributed by atoms with E-state index in [1.807, 2.05) is 6.07 Å². The molecule has 0 radical (unpaired) electrons. The van der Waals surface area contributed by atoms with E-state index in [0.29, 0.717) is 18.3 Å². The standard InChI is InChI=1S/C21H32N4O2.HI/c1-2-23-21(25-11-6-7-16(15-25)13-19(22)26)24-14-18-10-12-27-20(18)17-8-4-3-5-9-17;/h3-5,8-9,16,18,20H,2,6-7,10-15H2,1H3,(H2,22,26)(H,23,24);1H. The zero-order valence-electron chi connectivity index (χ0n) is 16.7. The number of piperidine rings is 1. The average molecular weight is 500 g/mol. The van der Waals surface area contributed by atoms with Gasteiger partial charge in [-0.1, -0.05) is 30.3 Å². The molecule has 3 N–H and O–H groups in total. The maximum absolute atomic E-state index is 11.3. The summed E-state index contributed by atoms with van der Waals surface area (Å²) in [5, 5.41) is 3.42. The number of hydrogen-bond acceptors (Lipinski definition) is 3. The Hall–Kier alpha value is -1.35. The van der Waals surface area contributed by atoms with Crippen LogP contribution in [-0.2, 0) is 9.53 Å². The molecular formula is C21H33IN4O2. The van der Waals surface area contributed by atoms with Crippen LogP contribution in [-0.4, -0.2) is 49.6 Å². The van der Waals surface area contributed by atoms with Crippen LogP contribution in [0.1, 0.15) is 44.3 Å². The molecule has 2 heterocycles. The molecule has 3 atom stereocenters. The van der Waals surface area contributed by atoms with Crippen LogP contribution in [0.4, 0.5) is 0 Å². The van der Waals surface area contributed by atoms with Gasteiger partial charge in [0.15, 0.2) is 5.96 Å². The van der Waals surface area contributed by atoms with Crippen molar-refractivity contribution in [2.45, 2.75) is 38.7 Å². The highest BCUT2D eigenvalue weighted by molar-refractivity contribution is 14.0. The number of primary amides is 1. The predicted octanol–water partition coefficient (Wildman–Crippen LogP) is 2.94. The molecule has 0 bridgehead atoms. The van der Waals surface area contributed by atoms with Crippen molar-refractivity contribution < 1.29 is 9.53 Å². The molecule has 6 nitrogen and oxygen atoms in total. The average Bonchev–Trinajstić information content (AvgIpc) is 3.14. The second-order valence-corrected chi connectivity index (χ2v) is 7.57. The molecule has 2 saturated heterocycles. The van der Waals surface area contributed by atoms with E-state index in [0.717, 1.165) is 58.0 Å². The molecule has 7 heteroatoms. The number of hydrogen-bond donors (Lipinski definition) is 2. The predicted molar refractivity (Wildman–Crippen MR) is 123 cm³/mol. The number of guanidine groups is 1. The van der Waals surface area contributed by atoms with Gasteiger partial charge in [-0.05, 0) is 37.7 Å². The lowest BCUT2D eigenvalue weighted by Gasteiger charge is -2.35. The van der Waals surface area contributed by atoms with Crippen LogP contribution < -0.4 is 11.1 Å². The number of aliphatic imine (C=N–C) groups is 1. The van der Waals surface area contributed by atoms with E-state index < -0.39 is 0 Å². The second kappa shape index (κ2) is 11.6. The molecule has 2 aliphatic heterocycles. The fraction of sp³-hybridized carbons (Fsp3) is 0.619. The van der Waals surface area contributed by atoms with Crippen LogP contribution in [0.25, 0.3) is 0 Å². The third-order valence-corrected chi connectivity index (χ3v) is 5.46. The summed E-state index contributed by atoms with van der Waals surface area (Å²) in [4.78, 5) is 18.5. The lowest BCUT2D eigenvalue weighted by molar-refractivity contribution is -0.119. The molecule has 0 saturated carbocycles. The SMILES string of the molecule is CCNC(=NCC1CCOC1c1ccccc1)N1CCCC(CC(N)=O)C1.I. The molecule has 1 aromatic rings. The third-order valence-electron chi connectivity index (χ3n) is 5.46. The number of nitrogens with two attached hydrogens (primary N) is 1. The summed E-state index contributed by atoms with van der Waals surface area (Å²) < 4.78 is 6.00. The van der Waals surface area contributed by atoms with E-state index in [4.69, 9.17) is 15.5 Å². The van der Waals surface area contributed by atoms with Gasteiger partial charge < -0.3 is 20.7 Å². The molecule has 2 fully saturated rings. The minimum Gasteiger partial charge on any atom is -0.373 e. The lowest BCUT2D eigenvalue weighted by atomic mass is 9.94. The molecule has 3 rings (SSSR count). The summed E-state index contributed by atoms with van der Waals surface area (Å²) in [6, 6.07) is 10.4. The Morgan fingerprint density at radius 2 is 2.11 bits per heavy atom. The number of nitrogens with one attached hydrogen (secondary N) is 1. The van der Waals surface area contributed by atoms with Gasteiger partial charge in [-0.3, -0.25) is 9.79 Å². The summed E-state index contributed by atoms with van der Waals surface area (Å²) in [6.45, 7) is 6.28. The fourth-order valence-corrected chi connectivity index (χ4v) is 4.17. The zero-order chi connectivity index (χ0) is 19.1. The van der Waals surface area contributed by atoms with Crippen LogP contribution in [0.5, 0.6) is 0 Å². The van der Waals surface area contributed by atoms with Crippen molar-refractivity contribution in [2.24, 2.45) is 22.6 Å².